The van der Waals surface area contributed by atoms with E-state index in [0.717, 1.165) is 6.54 Å². The Balaban J connectivity index is 1.90. The van der Waals surface area contributed by atoms with Crippen molar-refractivity contribution in [3.05, 3.63) is 42.7 Å². The summed E-state index contributed by atoms with van der Waals surface area (Å²) in [6, 6.07) is 4.61. The summed E-state index contributed by atoms with van der Waals surface area (Å²) in [5.74, 6) is -0.328. The van der Waals surface area contributed by atoms with E-state index in [1.165, 1.54) is 6.07 Å². The van der Waals surface area contributed by atoms with Crippen LogP contribution in [0.1, 0.15) is 0 Å². The summed E-state index contributed by atoms with van der Waals surface area (Å²) >= 11 is 0. The van der Waals surface area contributed by atoms with Gasteiger partial charge in [0, 0.05) is 31.2 Å². The number of hydrogen-bond acceptors (Lipinski definition) is 3. The molecule has 1 aromatic carbocycles. The van der Waals surface area contributed by atoms with Crippen molar-refractivity contribution >= 4 is 11.4 Å². The number of rotatable bonds is 4. The van der Waals surface area contributed by atoms with E-state index in [2.05, 4.69) is 10.3 Å². The second-order valence-corrected chi connectivity index (χ2v) is 3.47. The lowest BCUT2D eigenvalue weighted by atomic mass is 10.2. The number of halogens is 1. The van der Waals surface area contributed by atoms with Crippen LogP contribution in [0, 0.1) is 5.82 Å². The minimum absolute atomic E-state index is 0.328. The van der Waals surface area contributed by atoms with Gasteiger partial charge < -0.3 is 15.6 Å². The highest BCUT2D eigenvalue weighted by Gasteiger charge is 2.00. The van der Waals surface area contributed by atoms with Gasteiger partial charge in [-0.25, -0.2) is 9.37 Å². The number of imidazole rings is 1. The Morgan fingerprint density at radius 3 is 3.00 bits per heavy atom. The fourth-order valence-electron chi connectivity index (χ4n) is 1.41. The van der Waals surface area contributed by atoms with E-state index < -0.39 is 0 Å². The number of nitrogens with two attached hydrogens (primary N) is 1. The van der Waals surface area contributed by atoms with Crippen LogP contribution in [-0.2, 0) is 6.54 Å². The molecule has 0 aliphatic heterocycles. The summed E-state index contributed by atoms with van der Waals surface area (Å²) in [6.45, 7) is 1.38. The fraction of sp³-hybridized carbons (Fsp3) is 0.182. The van der Waals surface area contributed by atoms with E-state index in [0.29, 0.717) is 17.9 Å². The number of nitrogens with one attached hydrogen (secondary N) is 1. The molecule has 0 radical (unpaired) electrons. The molecule has 0 bridgehead atoms. The highest BCUT2D eigenvalue weighted by atomic mass is 19.1. The van der Waals surface area contributed by atoms with Crippen molar-refractivity contribution < 1.29 is 4.39 Å². The van der Waals surface area contributed by atoms with Crippen LogP contribution in [0.4, 0.5) is 15.8 Å². The van der Waals surface area contributed by atoms with E-state index in [1.54, 1.807) is 24.7 Å². The summed E-state index contributed by atoms with van der Waals surface area (Å²) < 4.78 is 15.3. The molecule has 0 aliphatic rings. The lowest BCUT2D eigenvalue weighted by Gasteiger charge is -2.08. The van der Waals surface area contributed by atoms with E-state index in [4.69, 9.17) is 5.73 Å². The summed E-state index contributed by atoms with van der Waals surface area (Å²) in [5, 5.41) is 3.00. The monoisotopic (exact) mass is 220 g/mol. The van der Waals surface area contributed by atoms with Gasteiger partial charge in [-0.1, -0.05) is 0 Å². The quantitative estimate of drug-likeness (QED) is 0.771. The lowest BCUT2D eigenvalue weighted by molar-refractivity contribution is 0.628. The molecule has 2 rings (SSSR count). The number of aromatic nitrogens is 2. The molecule has 84 valence electrons. The molecular weight excluding hydrogens is 207 g/mol. The van der Waals surface area contributed by atoms with Gasteiger partial charge in [0.25, 0.3) is 0 Å². The molecule has 0 atom stereocenters. The second-order valence-electron chi connectivity index (χ2n) is 3.47. The molecule has 2 aromatic rings. The molecule has 5 heteroatoms. The molecule has 0 saturated heterocycles. The topological polar surface area (TPSA) is 55.9 Å². The highest BCUT2D eigenvalue weighted by molar-refractivity contribution is 5.52. The second kappa shape index (κ2) is 4.65. The van der Waals surface area contributed by atoms with Crippen molar-refractivity contribution in [3.63, 3.8) is 0 Å². The Bertz CT molecular complexity index is 453. The minimum atomic E-state index is -0.328. The van der Waals surface area contributed by atoms with Gasteiger partial charge in [0.1, 0.15) is 5.82 Å². The van der Waals surface area contributed by atoms with Crippen LogP contribution in [0.25, 0.3) is 0 Å². The smallest absolute Gasteiger partial charge is 0.148 e. The SMILES string of the molecule is Nc1ccc(NCCn2ccnc2)c(F)c1. The van der Waals surface area contributed by atoms with E-state index >= 15 is 0 Å². The van der Waals surface area contributed by atoms with E-state index in [9.17, 15) is 4.39 Å². The van der Waals surface area contributed by atoms with Gasteiger partial charge in [0.15, 0.2) is 0 Å². The molecule has 0 amide bonds. The third kappa shape index (κ3) is 2.50. The first-order chi connectivity index (χ1) is 7.75. The molecule has 4 nitrogen and oxygen atoms in total. The third-order valence-corrected chi connectivity index (χ3v) is 2.24. The van der Waals surface area contributed by atoms with E-state index in [-0.39, 0.29) is 5.82 Å². The molecule has 3 N–H and O–H groups in total. The van der Waals surface area contributed by atoms with Crippen molar-refractivity contribution in [1.29, 1.82) is 0 Å². The maximum Gasteiger partial charge on any atom is 0.148 e. The van der Waals surface area contributed by atoms with Gasteiger partial charge in [-0.15, -0.1) is 0 Å². The van der Waals surface area contributed by atoms with E-state index in [1.807, 2.05) is 10.8 Å². The maximum atomic E-state index is 13.4. The predicted molar refractivity (Wildman–Crippen MR) is 61.5 cm³/mol. The summed E-state index contributed by atoms with van der Waals surface area (Å²) in [5.41, 5.74) is 6.35. The van der Waals surface area contributed by atoms with Crippen LogP contribution in [0.15, 0.2) is 36.9 Å². The zero-order chi connectivity index (χ0) is 11.4. The summed E-state index contributed by atoms with van der Waals surface area (Å²) in [7, 11) is 0. The number of nitrogens with zero attached hydrogens (tertiary/aromatic N) is 2. The zero-order valence-corrected chi connectivity index (χ0v) is 8.73. The van der Waals surface area contributed by atoms with Crippen LogP contribution in [-0.4, -0.2) is 16.1 Å². The fourth-order valence-corrected chi connectivity index (χ4v) is 1.41. The van der Waals surface area contributed by atoms with Gasteiger partial charge in [-0.2, -0.15) is 0 Å². The predicted octanol–water partition coefficient (Wildman–Crippen LogP) is 1.72. The number of nitrogen functional groups attached to an aromatic ring is 1. The Morgan fingerprint density at radius 1 is 1.44 bits per heavy atom. The first-order valence-electron chi connectivity index (χ1n) is 5.00. The first-order valence-corrected chi connectivity index (χ1v) is 5.00. The van der Waals surface area contributed by atoms with Crippen LogP contribution < -0.4 is 11.1 Å². The van der Waals surface area contributed by atoms with Crippen molar-refractivity contribution in [3.8, 4) is 0 Å². The largest absolute Gasteiger partial charge is 0.399 e. The van der Waals surface area contributed by atoms with Gasteiger partial charge in [0.2, 0.25) is 0 Å². The van der Waals surface area contributed by atoms with Crippen molar-refractivity contribution in [2.45, 2.75) is 6.54 Å². The lowest BCUT2D eigenvalue weighted by Crippen LogP contribution is -2.10. The van der Waals surface area contributed by atoms with Gasteiger partial charge in [-0.3, -0.25) is 0 Å². The number of anilines is 2. The highest BCUT2D eigenvalue weighted by Crippen LogP contribution is 2.16. The Labute approximate surface area is 92.9 Å². The molecule has 16 heavy (non-hydrogen) atoms. The Morgan fingerprint density at radius 2 is 2.31 bits per heavy atom. The maximum absolute atomic E-state index is 13.4. The zero-order valence-electron chi connectivity index (χ0n) is 8.73. The van der Waals surface area contributed by atoms with Crippen LogP contribution in [0.3, 0.4) is 0 Å². The summed E-state index contributed by atoms with van der Waals surface area (Å²) in [4.78, 5) is 3.92. The standard InChI is InChI=1S/C11H13FN4/c12-10-7-9(13)1-2-11(10)15-4-6-16-5-3-14-8-16/h1-3,5,7-8,15H,4,6,13H2. The molecule has 0 spiro atoms. The molecule has 1 heterocycles. The molecule has 0 aliphatic carbocycles. The van der Waals surface area contributed by atoms with Crippen molar-refractivity contribution in [2.75, 3.05) is 17.6 Å². The van der Waals surface area contributed by atoms with Gasteiger partial charge >= 0.3 is 0 Å². The van der Waals surface area contributed by atoms with Crippen molar-refractivity contribution in [2.24, 2.45) is 0 Å². The molecule has 1 aromatic heterocycles. The van der Waals surface area contributed by atoms with Crippen LogP contribution >= 0.6 is 0 Å². The normalized spacial score (nSPS) is 10.3. The van der Waals surface area contributed by atoms with Crippen LogP contribution in [0.5, 0.6) is 0 Å². The molecule has 0 saturated carbocycles. The average molecular weight is 220 g/mol. The molecule has 0 unspecified atom stereocenters. The molecule has 0 fully saturated rings. The van der Waals surface area contributed by atoms with Crippen LogP contribution in [0.2, 0.25) is 0 Å². The Kier molecular flexibility index (Phi) is 3.05. The van der Waals surface area contributed by atoms with Gasteiger partial charge in [-0.05, 0) is 18.2 Å². The first kappa shape index (κ1) is 10.5. The van der Waals surface area contributed by atoms with Gasteiger partial charge in [0.05, 0.1) is 12.0 Å². The summed E-state index contributed by atoms with van der Waals surface area (Å²) in [6.07, 6.45) is 5.30. The number of benzene rings is 1. The molecular formula is C11H13FN4. The minimum Gasteiger partial charge on any atom is -0.399 e. The number of hydrogen-bond donors (Lipinski definition) is 2. The van der Waals surface area contributed by atoms with Crippen molar-refractivity contribution in [1.82, 2.24) is 9.55 Å². The average Bonchev–Trinajstić information content (AvgIpc) is 2.74. The third-order valence-electron chi connectivity index (χ3n) is 2.24. The Hall–Kier alpha value is -2.04.